The summed E-state index contributed by atoms with van der Waals surface area (Å²) in [5.74, 6) is -1.86. The van der Waals surface area contributed by atoms with Crippen LogP contribution in [0.15, 0.2) is 35.6 Å². The zero-order chi connectivity index (χ0) is 32.6. The smallest absolute Gasteiger partial charge is 0.415 e. The standard InChI is InChI=1S/C31H36F2N6O4SSi/c1-30(22-13-20(7-8-23(22)32)14-24(33)25-18-35-21(16-34)17-36-25)26-15-31(26,27(40)38-9-5-6-10-38)44-28(37-30)39(29(41)42)19-43-11-12-45(2,3)4/h7-8,13-14,17-18,26H,5-6,9-12,15,19H2,1-4H3,(H,41,42)/b24-14-/t26-,30+,31-/m0/s1. The molecule has 2 aromatic rings. The zero-order valence-corrected chi connectivity index (χ0v) is 27.5. The summed E-state index contributed by atoms with van der Waals surface area (Å²) in [6.45, 7) is 9.63. The van der Waals surface area contributed by atoms with E-state index in [9.17, 15) is 14.7 Å². The number of nitriles is 1. The molecule has 0 radical (unpaired) electrons. The minimum Gasteiger partial charge on any atom is -0.465 e. The van der Waals surface area contributed by atoms with Gasteiger partial charge in [0.1, 0.15) is 29.1 Å². The number of aromatic nitrogens is 2. The Morgan fingerprint density at radius 1 is 1.27 bits per heavy atom. The molecule has 45 heavy (non-hydrogen) atoms. The molecule has 0 unspecified atom stereocenters. The van der Waals surface area contributed by atoms with Gasteiger partial charge in [-0.15, -0.1) is 0 Å². The van der Waals surface area contributed by atoms with Crippen LogP contribution in [0.4, 0.5) is 13.6 Å². The fourth-order valence-electron chi connectivity index (χ4n) is 5.78. The van der Waals surface area contributed by atoms with Crippen molar-refractivity contribution in [1.29, 1.82) is 5.26 Å². The van der Waals surface area contributed by atoms with Gasteiger partial charge in [0.15, 0.2) is 16.7 Å². The average Bonchev–Trinajstić information content (AvgIpc) is 3.51. The number of carboxylic acid groups (broad SMARTS) is 1. The Kier molecular flexibility index (Phi) is 9.17. The van der Waals surface area contributed by atoms with Gasteiger partial charge in [-0.05, 0) is 56.0 Å². The fourth-order valence-corrected chi connectivity index (χ4v) is 8.18. The van der Waals surface area contributed by atoms with Crippen molar-refractivity contribution in [3.63, 3.8) is 0 Å². The quantitative estimate of drug-likeness (QED) is 0.200. The van der Waals surface area contributed by atoms with Gasteiger partial charge in [0.25, 0.3) is 0 Å². The monoisotopic (exact) mass is 654 g/mol. The first-order chi connectivity index (χ1) is 21.3. The zero-order valence-electron chi connectivity index (χ0n) is 25.7. The molecule has 1 aliphatic carbocycles. The number of amides is 2. The molecular formula is C31H36F2N6O4SSi. The number of benzene rings is 1. The number of ether oxygens (including phenoxy) is 1. The van der Waals surface area contributed by atoms with Crippen LogP contribution in [0.2, 0.25) is 25.7 Å². The Hall–Kier alpha value is -3.67. The number of carbonyl (C=O) groups excluding carboxylic acids is 1. The van der Waals surface area contributed by atoms with Gasteiger partial charge in [-0.3, -0.25) is 9.79 Å². The number of hydrogen-bond acceptors (Lipinski definition) is 8. The van der Waals surface area contributed by atoms with Gasteiger partial charge >= 0.3 is 6.09 Å². The van der Waals surface area contributed by atoms with Crippen LogP contribution >= 0.6 is 11.8 Å². The summed E-state index contributed by atoms with van der Waals surface area (Å²) in [5.41, 5.74) is -0.947. The van der Waals surface area contributed by atoms with Crippen LogP contribution < -0.4 is 0 Å². The number of hydrogen-bond donors (Lipinski definition) is 1. The topological polar surface area (TPSA) is 132 Å². The Morgan fingerprint density at radius 2 is 2.00 bits per heavy atom. The van der Waals surface area contributed by atoms with Crippen molar-refractivity contribution in [1.82, 2.24) is 19.8 Å². The third-order valence-corrected chi connectivity index (χ3v) is 11.7. The molecule has 1 saturated heterocycles. The van der Waals surface area contributed by atoms with Crippen LogP contribution in [0.25, 0.3) is 11.9 Å². The molecule has 2 aliphatic heterocycles. The number of nitrogens with zero attached hydrogens (tertiary/aromatic N) is 6. The van der Waals surface area contributed by atoms with Crippen molar-refractivity contribution in [2.75, 3.05) is 26.4 Å². The number of thioether (sulfide) groups is 1. The summed E-state index contributed by atoms with van der Waals surface area (Å²) in [6, 6.07) is 6.76. The van der Waals surface area contributed by atoms with Crippen LogP contribution in [0.5, 0.6) is 0 Å². The van der Waals surface area contributed by atoms with Crippen molar-refractivity contribution in [2.45, 2.75) is 62.2 Å². The number of rotatable bonds is 9. The predicted molar refractivity (Wildman–Crippen MR) is 170 cm³/mol. The van der Waals surface area contributed by atoms with Gasteiger partial charge in [0, 0.05) is 39.3 Å². The van der Waals surface area contributed by atoms with E-state index in [1.165, 1.54) is 24.3 Å². The SMILES string of the molecule is C[C@]1(c2cc(/C=C(\F)c3cnc(C#N)cn3)ccc2F)N=C(N(COCC[Si](C)(C)C)C(=O)O)S[C@@]2(C(=O)N3CCCC3)C[C@H]21. The van der Waals surface area contributed by atoms with E-state index < -0.39 is 42.0 Å². The molecular weight excluding hydrogens is 619 g/mol. The second kappa shape index (κ2) is 12.6. The number of likely N-dealkylation sites (tertiary alicyclic amines) is 1. The highest BCUT2D eigenvalue weighted by atomic mass is 32.2. The van der Waals surface area contributed by atoms with E-state index in [1.807, 2.05) is 6.07 Å². The first-order valence-electron chi connectivity index (χ1n) is 14.8. The molecule has 2 amide bonds. The maximum absolute atomic E-state index is 15.7. The molecule has 0 spiro atoms. The third-order valence-electron chi connectivity index (χ3n) is 8.46. The van der Waals surface area contributed by atoms with Crippen LogP contribution in [0.1, 0.15) is 48.7 Å². The Labute approximate surface area is 266 Å². The minimum absolute atomic E-state index is 0.0423. The van der Waals surface area contributed by atoms with Crippen LogP contribution in [-0.4, -0.2) is 81.3 Å². The van der Waals surface area contributed by atoms with Crippen molar-refractivity contribution in [3.05, 3.63) is 58.9 Å². The summed E-state index contributed by atoms with van der Waals surface area (Å²) in [7, 11) is -1.43. The molecule has 3 atom stereocenters. The Morgan fingerprint density at radius 3 is 2.62 bits per heavy atom. The summed E-state index contributed by atoms with van der Waals surface area (Å²) in [4.78, 5) is 41.9. The van der Waals surface area contributed by atoms with Crippen LogP contribution in [-0.2, 0) is 15.1 Å². The largest absolute Gasteiger partial charge is 0.465 e. The van der Waals surface area contributed by atoms with E-state index in [1.54, 1.807) is 11.8 Å². The molecule has 1 N–H and O–H groups in total. The lowest BCUT2D eigenvalue weighted by Crippen LogP contribution is -2.48. The molecule has 5 rings (SSSR count). The number of aliphatic imine (C=N–C) groups is 1. The summed E-state index contributed by atoms with van der Waals surface area (Å²) < 4.78 is 35.6. The molecule has 10 nitrogen and oxygen atoms in total. The number of fused-ring (bicyclic) bond motifs is 1. The molecule has 1 saturated carbocycles. The van der Waals surface area contributed by atoms with Gasteiger partial charge < -0.3 is 14.7 Å². The molecule has 3 heterocycles. The van der Waals surface area contributed by atoms with Crippen LogP contribution in [0.3, 0.4) is 0 Å². The summed E-state index contributed by atoms with van der Waals surface area (Å²) in [5, 5.41) is 19.2. The first-order valence-corrected chi connectivity index (χ1v) is 19.4. The lowest BCUT2D eigenvalue weighted by Gasteiger charge is -2.38. The highest BCUT2D eigenvalue weighted by molar-refractivity contribution is 8.16. The number of halogens is 2. The fraction of sp³-hybridized carbons (Fsp3) is 0.484. The van der Waals surface area contributed by atoms with Gasteiger partial charge in [0.2, 0.25) is 5.91 Å². The lowest BCUT2D eigenvalue weighted by molar-refractivity contribution is -0.130. The Bertz CT molecular complexity index is 1590. The molecule has 2 fully saturated rings. The molecule has 1 aromatic heterocycles. The van der Waals surface area contributed by atoms with E-state index in [-0.39, 0.29) is 34.8 Å². The predicted octanol–water partition coefficient (Wildman–Crippen LogP) is 5.95. The molecule has 3 aliphatic rings. The minimum atomic E-state index is -1.43. The van der Waals surface area contributed by atoms with E-state index in [0.29, 0.717) is 31.7 Å². The van der Waals surface area contributed by atoms with Gasteiger partial charge in [0.05, 0.1) is 17.9 Å². The first kappa shape index (κ1) is 32.7. The van der Waals surface area contributed by atoms with Gasteiger partial charge in [-0.25, -0.2) is 28.4 Å². The Balaban J connectivity index is 1.52. The molecule has 1 aromatic carbocycles. The number of amidine groups is 1. The molecule has 14 heteroatoms. The normalized spacial score (nSPS) is 24.5. The van der Waals surface area contributed by atoms with E-state index in [2.05, 4.69) is 29.6 Å². The maximum Gasteiger partial charge on any atom is 0.415 e. The highest BCUT2D eigenvalue weighted by Gasteiger charge is 2.72. The molecule has 0 bridgehead atoms. The highest BCUT2D eigenvalue weighted by Crippen LogP contribution is 2.67. The van der Waals surface area contributed by atoms with Crippen molar-refractivity contribution >= 4 is 48.9 Å². The van der Waals surface area contributed by atoms with Crippen LogP contribution in [0, 0.1) is 23.1 Å². The number of carbonyl (C=O) groups is 2. The van der Waals surface area contributed by atoms with E-state index in [4.69, 9.17) is 15.0 Å². The maximum atomic E-state index is 15.7. The third kappa shape index (κ3) is 6.80. The lowest BCUT2D eigenvalue weighted by atomic mass is 9.84. The summed E-state index contributed by atoms with van der Waals surface area (Å²) >= 11 is 1.12. The van der Waals surface area contributed by atoms with Gasteiger partial charge in [-0.1, -0.05) is 37.5 Å². The molecule has 238 valence electrons. The summed E-state index contributed by atoms with van der Waals surface area (Å²) in [6.07, 6.45) is 4.34. The van der Waals surface area contributed by atoms with Crippen molar-refractivity contribution < 1.29 is 28.2 Å². The van der Waals surface area contributed by atoms with E-state index in [0.717, 1.165) is 47.9 Å². The van der Waals surface area contributed by atoms with Crippen molar-refractivity contribution in [3.8, 4) is 6.07 Å². The van der Waals surface area contributed by atoms with Crippen molar-refractivity contribution in [2.24, 2.45) is 10.9 Å². The van der Waals surface area contributed by atoms with Gasteiger partial charge in [-0.2, -0.15) is 5.26 Å². The van der Waals surface area contributed by atoms with E-state index >= 15 is 8.78 Å². The second-order valence-corrected chi connectivity index (χ2v) is 19.9. The second-order valence-electron chi connectivity index (χ2n) is 13.0. The average molecular weight is 655 g/mol.